The molecule has 0 atom stereocenters. The summed E-state index contributed by atoms with van der Waals surface area (Å²) in [6.07, 6.45) is 0. The Hall–Kier alpha value is -1.75. The van der Waals surface area contributed by atoms with E-state index in [0.717, 1.165) is 11.1 Å². The minimum atomic E-state index is -0.181. The van der Waals surface area contributed by atoms with E-state index in [0.29, 0.717) is 18.0 Å². The SMILES string of the molecule is COc1cc(C)c(CNC(=O)CN)cc1OC. The van der Waals surface area contributed by atoms with Crippen molar-refractivity contribution in [1.82, 2.24) is 5.32 Å². The number of hydrogen-bond donors (Lipinski definition) is 2. The van der Waals surface area contributed by atoms with Gasteiger partial charge in [0.1, 0.15) is 0 Å². The minimum absolute atomic E-state index is 0.00760. The number of hydrogen-bond acceptors (Lipinski definition) is 4. The Morgan fingerprint density at radius 3 is 2.41 bits per heavy atom. The van der Waals surface area contributed by atoms with Crippen molar-refractivity contribution in [2.45, 2.75) is 13.5 Å². The van der Waals surface area contributed by atoms with Gasteiger partial charge in [-0.3, -0.25) is 4.79 Å². The number of benzene rings is 1. The molecule has 0 aromatic heterocycles. The highest BCUT2D eigenvalue weighted by Gasteiger charge is 2.09. The number of carbonyl (C=O) groups excluding carboxylic acids is 1. The van der Waals surface area contributed by atoms with E-state index in [1.165, 1.54) is 0 Å². The van der Waals surface area contributed by atoms with Crippen LogP contribution in [0.1, 0.15) is 11.1 Å². The Morgan fingerprint density at radius 1 is 1.29 bits per heavy atom. The summed E-state index contributed by atoms with van der Waals surface area (Å²) in [5.74, 6) is 1.15. The van der Waals surface area contributed by atoms with Gasteiger partial charge in [-0.15, -0.1) is 0 Å². The molecule has 1 rings (SSSR count). The van der Waals surface area contributed by atoms with E-state index < -0.39 is 0 Å². The van der Waals surface area contributed by atoms with Gasteiger partial charge in [0.2, 0.25) is 5.91 Å². The van der Waals surface area contributed by atoms with Crippen LogP contribution in [-0.4, -0.2) is 26.7 Å². The van der Waals surface area contributed by atoms with E-state index >= 15 is 0 Å². The lowest BCUT2D eigenvalue weighted by Gasteiger charge is -2.13. The van der Waals surface area contributed by atoms with E-state index in [1.807, 2.05) is 19.1 Å². The predicted octanol–water partition coefficient (Wildman–Crippen LogP) is 0.587. The molecule has 0 saturated heterocycles. The first-order chi connectivity index (χ1) is 8.12. The highest BCUT2D eigenvalue weighted by Crippen LogP contribution is 2.30. The molecule has 17 heavy (non-hydrogen) atoms. The molecule has 0 saturated carbocycles. The molecule has 0 aliphatic rings. The maximum absolute atomic E-state index is 11.1. The average molecular weight is 238 g/mol. The fourth-order valence-electron chi connectivity index (χ4n) is 1.48. The van der Waals surface area contributed by atoms with Crippen molar-refractivity contribution in [1.29, 1.82) is 0 Å². The monoisotopic (exact) mass is 238 g/mol. The van der Waals surface area contributed by atoms with Crippen molar-refractivity contribution >= 4 is 5.91 Å². The van der Waals surface area contributed by atoms with Crippen molar-refractivity contribution in [3.63, 3.8) is 0 Å². The van der Waals surface area contributed by atoms with Crippen LogP contribution in [0.4, 0.5) is 0 Å². The summed E-state index contributed by atoms with van der Waals surface area (Å²) in [4.78, 5) is 11.1. The molecular formula is C12H18N2O3. The van der Waals surface area contributed by atoms with Gasteiger partial charge in [0, 0.05) is 6.54 Å². The minimum Gasteiger partial charge on any atom is -0.493 e. The normalized spacial score (nSPS) is 9.88. The molecular weight excluding hydrogens is 220 g/mol. The van der Waals surface area contributed by atoms with Crippen molar-refractivity contribution < 1.29 is 14.3 Å². The Morgan fingerprint density at radius 2 is 1.88 bits per heavy atom. The molecule has 0 aliphatic carbocycles. The second kappa shape index (κ2) is 6.10. The van der Waals surface area contributed by atoms with Crippen LogP contribution >= 0.6 is 0 Å². The van der Waals surface area contributed by atoms with Gasteiger partial charge in [0.25, 0.3) is 0 Å². The molecule has 0 spiro atoms. The van der Waals surface area contributed by atoms with Crippen LogP contribution in [0, 0.1) is 6.92 Å². The zero-order valence-corrected chi connectivity index (χ0v) is 10.4. The largest absolute Gasteiger partial charge is 0.493 e. The first-order valence-electron chi connectivity index (χ1n) is 5.30. The third-order valence-corrected chi connectivity index (χ3v) is 2.50. The molecule has 3 N–H and O–H groups in total. The number of nitrogens with one attached hydrogen (secondary N) is 1. The Bertz CT molecular complexity index is 405. The quantitative estimate of drug-likeness (QED) is 0.787. The van der Waals surface area contributed by atoms with Gasteiger partial charge in [-0.25, -0.2) is 0 Å². The molecule has 1 aromatic rings. The molecule has 0 heterocycles. The van der Waals surface area contributed by atoms with Crippen LogP contribution in [0.25, 0.3) is 0 Å². The lowest BCUT2D eigenvalue weighted by molar-refractivity contribution is -0.119. The second-order valence-electron chi connectivity index (χ2n) is 3.61. The van der Waals surface area contributed by atoms with Gasteiger partial charge in [-0.05, 0) is 30.2 Å². The molecule has 5 heteroatoms. The van der Waals surface area contributed by atoms with E-state index in [2.05, 4.69) is 5.32 Å². The van der Waals surface area contributed by atoms with Gasteiger partial charge < -0.3 is 20.5 Å². The van der Waals surface area contributed by atoms with Gasteiger partial charge in [-0.2, -0.15) is 0 Å². The first kappa shape index (κ1) is 13.3. The van der Waals surface area contributed by atoms with Gasteiger partial charge in [-0.1, -0.05) is 0 Å². The van der Waals surface area contributed by atoms with Crippen molar-refractivity contribution in [2.24, 2.45) is 5.73 Å². The summed E-state index contributed by atoms with van der Waals surface area (Å²) in [5.41, 5.74) is 7.22. The van der Waals surface area contributed by atoms with E-state index in [-0.39, 0.29) is 12.5 Å². The van der Waals surface area contributed by atoms with Gasteiger partial charge in [0.15, 0.2) is 11.5 Å². The summed E-state index contributed by atoms with van der Waals surface area (Å²) in [7, 11) is 3.17. The number of carbonyl (C=O) groups is 1. The topological polar surface area (TPSA) is 73.6 Å². The Kier molecular flexibility index (Phi) is 4.78. The van der Waals surface area contributed by atoms with Gasteiger partial charge >= 0.3 is 0 Å². The second-order valence-corrected chi connectivity index (χ2v) is 3.61. The molecule has 5 nitrogen and oxygen atoms in total. The highest BCUT2D eigenvalue weighted by molar-refractivity contribution is 5.77. The Balaban J connectivity index is 2.89. The van der Waals surface area contributed by atoms with E-state index in [1.54, 1.807) is 14.2 Å². The Labute approximate surface area is 101 Å². The lowest BCUT2D eigenvalue weighted by Crippen LogP contribution is -2.29. The number of rotatable bonds is 5. The van der Waals surface area contributed by atoms with Crippen molar-refractivity contribution in [3.8, 4) is 11.5 Å². The molecule has 0 bridgehead atoms. The molecule has 1 aromatic carbocycles. The number of aryl methyl sites for hydroxylation is 1. The molecule has 0 aliphatic heterocycles. The van der Waals surface area contributed by atoms with Crippen LogP contribution in [0.15, 0.2) is 12.1 Å². The fraction of sp³-hybridized carbons (Fsp3) is 0.417. The zero-order chi connectivity index (χ0) is 12.8. The van der Waals surface area contributed by atoms with Crippen LogP contribution in [0.2, 0.25) is 0 Å². The van der Waals surface area contributed by atoms with Crippen LogP contribution in [0.3, 0.4) is 0 Å². The van der Waals surface area contributed by atoms with E-state index in [4.69, 9.17) is 15.2 Å². The first-order valence-corrected chi connectivity index (χ1v) is 5.30. The maximum atomic E-state index is 11.1. The lowest BCUT2D eigenvalue weighted by atomic mass is 10.1. The summed E-state index contributed by atoms with van der Waals surface area (Å²) < 4.78 is 10.4. The van der Waals surface area contributed by atoms with Crippen molar-refractivity contribution in [2.75, 3.05) is 20.8 Å². The smallest absolute Gasteiger partial charge is 0.234 e. The third-order valence-electron chi connectivity index (χ3n) is 2.50. The van der Waals surface area contributed by atoms with Crippen molar-refractivity contribution in [3.05, 3.63) is 23.3 Å². The van der Waals surface area contributed by atoms with Crippen LogP contribution in [-0.2, 0) is 11.3 Å². The third kappa shape index (κ3) is 3.35. The average Bonchev–Trinajstić information content (AvgIpc) is 2.36. The number of nitrogens with two attached hydrogens (primary N) is 1. The van der Waals surface area contributed by atoms with Gasteiger partial charge in [0.05, 0.1) is 20.8 Å². The summed E-state index contributed by atoms with van der Waals surface area (Å²) in [6, 6.07) is 3.73. The number of methoxy groups -OCH3 is 2. The molecule has 0 unspecified atom stereocenters. The van der Waals surface area contributed by atoms with Crippen LogP contribution in [0.5, 0.6) is 11.5 Å². The summed E-state index contributed by atoms with van der Waals surface area (Å²) >= 11 is 0. The molecule has 0 fully saturated rings. The fourth-order valence-corrected chi connectivity index (χ4v) is 1.48. The predicted molar refractivity (Wildman–Crippen MR) is 65.2 cm³/mol. The maximum Gasteiger partial charge on any atom is 0.234 e. The number of amides is 1. The highest BCUT2D eigenvalue weighted by atomic mass is 16.5. The standard InChI is InChI=1S/C12H18N2O3/c1-8-4-10(16-2)11(17-3)5-9(8)7-14-12(15)6-13/h4-5H,6-7,13H2,1-3H3,(H,14,15). The molecule has 1 amide bonds. The summed E-state index contributed by atoms with van der Waals surface area (Å²) in [5, 5.41) is 2.72. The molecule has 0 radical (unpaired) electrons. The van der Waals surface area contributed by atoms with Crippen LogP contribution < -0.4 is 20.5 Å². The molecule has 94 valence electrons. The zero-order valence-electron chi connectivity index (χ0n) is 10.4. The number of ether oxygens (including phenoxy) is 2. The summed E-state index contributed by atoms with van der Waals surface area (Å²) in [6.45, 7) is 2.38. The van der Waals surface area contributed by atoms with E-state index in [9.17, 15) is 4.79 Å².